The molecule has 1 N–H and O–H groups in total. The maximum absolute atomic E-state index is 5.29. The fourth-order valence-corrected chi connectivity index (χ4v) is 1.34. The lowest BCUT2D eigenvalue weighted by Crippen LogP contribution is -2.16. The Kier molecular flexibility index (Phi) is 2.19. The minimum absolute atomic E-state index is 0.00463. The Balaban J connectivity index is 2.29. The highest BCUT2D eigenvalue weighted by Gasteiger charge is 2.16. The van der Waals surface area contributed by atoms with Crippen LogP contribution in [-0.4, -0.2) is 7.05 Å². The number of furan rings is 2. The summed E-state index contributed by atoms with van der Waals surface area (Å²) in [5.74, 6) is 1.72. The minimum Gasteiger partial charge on any atom is -0.467 e. The molecule has 3 nitrogen and oxygen atoms in total. The second-order valence-corrected chi connectivity index (χ2v) is 2.75. The molecule has 0 amide bonds. The van der Waals surface area contributed by atoms with E-state index in [9.17, 15) is 0 Å². The van der Waals surface area contributed by atoms with Crippen molar-refractivity contribution in [3.63, 3.8) is 0 Å². The van der Waals surface area contributed by atoms with E-state index in [1.54, 1.807) is 12.5 Å². The molecule has 0 unspecified atom stereocenters. The highest BCUT2D eigenvalue weighted by Crippen LogP contribution is 2.21. The molecule has 2 rings (SSSR count). The lowest BCUT2D eigenvalue weighted by Gasteiger charge is -2.09. The monoisotopic (exact) mass is 177 g/mol. The fourth-order valence-electron chi connectivity index (χ4n) is 1.34. The van der Waals surface area contributed by atoms with E-state index < -0.39 is 0 Å². The number of nitrogens with one attached hydrogen (secondary N) is 1. The lowest BCUT2D eigenvalue weighted by molar-refractivity contribution is 0.403. The summed E-state index contributed by atoms with van der Waals surface area (Å²) in [5.41, 5.74) is 0. The van der Waals surface area contributed by atoms with Gasteiger partial charge < -0.3 is 14.2 Å². The average Bonchev–Trinajstić information content (AvgIpc) is 2.76. The normalized spacial score (nSPS) is 10.9. The summed E-state index contributed by atoms with van der Waals surface area (Å²) in [7, 11) is 1.87. The van der Waals surface area contributed by atoms with Crippen molar-refractivity contribution in [3.05, 3.63) is 48.3 Å². The molecular weight excluding hydrogens is 166 g/mol. The zero-order valence-electron chi connectivity index (χ0n) is 7.36. The topological polar surface area (TPSA) is 38.3 Å². The zero-order valence-corrected chi connectivity index (χ0v) is 7.36. The average molecular weight is 177 g/mol. The van der Waals surface area contributed by atoms with Gasteiger partial charge in [0.15, 0.2) is 0 Å². The second-order valence-electron chi connectivity index (χ2n) is 2.75. The Morgan fingerprint density at radius 1 is 1.08 bits per heavy atom. The van der Waals surface area contributed by atoms with Crippen LogP contribution in [0.5, 0.6) is 0 Å². The van der Waals surface area contributed by atoms with Crippen LogP contribution in [0.2, 0.25) is 0 Å². The number of hydrogen-bond donors (Lipinski definition) is 1. The van der Waals surface area contributed by atoms with Gasteiger partial charge in [0.1, 0.15) is 17.6 Å². The minimum atomic E-state index is 0.00463. The number of rotatable bonds is 3. The van der Waals surface area contributed by atoms with Gasteiger partial charge in [-0.1, -0.05) is 0 Å². The lowest BCUT2D eigenvalue weighted by atomic mass is 10.2. The molecule has 2 aromatic heterocycles. The van der Waals surface area contributed by atoms with E-state index in [-0.39, 0.29) is 6.04 Å². The van der Waals surface area contributed by atoms with Crippen LogP contribution in [0.3, 0.4) is 0 Å². The molecule has 3 heteroatoms. The van der Waals surface area contributed by atoms with Crippen molar-refractivity contribution in [2.45, 2.75) is 6.04 Å². The van der Waals surface area contributed by atoms with Gasteiger partial charge in [0, 0.05) is 0 Å². The molecule has 0 radical (unpaired) electrons. The summed E-state index contributed by atoms with van der Waals surface area (Å²) >= 11 is 0. The first-order valence-corrected chi connectivity index (χ1v) is 4.16. The third-order valence-corrected chi connectivity index (χ3v) is 1.94. The van der Waals surface area contributed by atoms with Gasteiger partial charge in [-0.2, -0.15) is 0 Å². The fraction of sp³-hybridized carbons (Fsp3) is 0.200. The summed E-state index contributed by atoms with van der Waals surface area (Å²) < 4.78 is 10.6. The Morgan fingerprint density at radius 2 is 1.62 bits per heavy atom. The van der Waals surface area contributed by atoms with Gasteiger partial charge in [-0.05, 0) is 31.3 Å². The molecule has 0 aliphatic carbocycles. The summed E-state index contributed by atoms with van der Waals surface area (Å²) in [4.78, 5) is 0. The van der Waals surface area contributed by atoms with Gasteiger partial charge in [0.2, 0.25) is 0 Å². The van der Waals surface area contributed by atoms with Gasteiger partial charge in [-0.25, -0.2) is 0 Å². The highest BCUT2D eigenvalue weighted by molar-refractivity contribution is 5.17. The van der Waals surface area contributed by atoms with E-state index in [2.05, 4.69) is 5.32 Å². The quantitative estimate of drug-likeness (QED) is 0.780. The predicted octanol–water partition coefficient (Wildman–Crippen LogP) is 2.18. The molecular formula is C10H11NO2. The van der Waals surface area contributed by atoms with Crippen LogP contribution in [0.1, 0.15) is 17.6 Å². The van der Waals surface area contributed by atoms with Crippen LogP contribution < -0.4 is 5.32 Å². The van der Waals surface area contributed by atoms with Crippen LogP contribution in [0.15, 0.2) is 45.6 Å². The standard InChI is InChI=1S/C10H11NO2/c1-11-10(8-4-2-6-12-8)9-5-3-7-13-9/h2-7,10-11H,1H3. The smallest absolute Gasteiger partial charge is 0.128 e. The molecule has 0 saturated carbocycles. The molecule has 0 aromatic carbocycles. The number of hydrogen-bond acceptors (Lipinski definition) is 3. The van der Waals surface area contributed by atoms with E-state index >= 15 is 0 Å². The van der Waals surface area contributed by atoms with Crippen LogP contribution in [0.4, 0.5) is 0 Å². The Hall–Kier alpha value is -1.48. The van der Waals surface area contributed by atoms with Crippen LogP contribution in [0, 0.1) is 0 Å². The molecule has 2 heterocycles. The summed E-state index contributed by atoms with van der Waals surface area (Å²) in [6, 6.07) is 7.57. The first kappa shape index (κ1) is 8.13. The Labute approximate surface area is 76.4 Å². The molecule has 13 heavy (non-hydrogen) atoms. The molecule has 68 valence electrons. The molecule has 0 spiro atoms. The maximum atomic E-state index is 5.29. The highest BCUT2D eigenvalue weighted by atomic mass is 16.3. The summed E-state index contributed by atoms with van der Waals surface area (Å²) in [6.45, 7) is 0. The van der Waals surface area contributed by atoms with Crippen molar-refractivity contribution in [1.29, 1.82) is 0 Å². The SMILES string of the molecule is CNC(c1ccco1)c1ccco1. The molecule has 0 bridgehead atoms. The third kappa shape index (κ3) is 1.51. The molecule has 0 atom stereocenters. The van der Waals surface area contributed by atoms with Gasteiger partial charge in [-0.15, -0.1) is 0 Å². The van der Waals surface area contributed by atoms with Crippen molar-refractivity contribution in [2.24, 2.45) is 0 Å². The zero-order chi connectivity index (χ0) is 9.10. The summed E-state index contributed by atoms with van der Waals surface area (Å²) in [5, 5.41) is 3.12. The molecule has 0 aliphatic rings. The Bertz CT molecular complexity index is 303. The molecule has 0 aliphatic heterocycles. The summed E-state index contributed by atoms with van der Waals surface area (Å²) in [6.07, 6.45) is 3.31. The maximum Gasteiger partial charge on any atom is 0.128 e. The second kappa shape index (κ2) is 3.49. The molecule has 0 fully saturated rings. The van der Waals surface area contributed by atoms with Crippen molar-refractivity contribution in [2.75, 3.05) is 7.05 Å². The molecule has 2 aromatic rings. The van der Waals surface area contributed by atoms with Crippen molar-refractivity contribution < 1.29 is 8.83 Å². The van der Waals surface area contributed by atoms with E-state index in [1.165, 1.54) is 0 Å². The third-order valence-electron chi connectivity index (χ3n) is 1.94. The van der Waals surface area contributed by atoms with Crippen LogP contribution >= 0.6 is 0 Å². The first-order valence-electron chi connectivity index (χ1n) is 4.16. The van der Waals surface area contributed by atoms with Crippen LogP contribution in [0.25, 0.3) is 0 Å². The first-order chi connectivity index (χ1) is 6.42. The van der Waals surface area contributed by atoms with Gasteiger partial charge in [-0.3, -0.25) is 0 Å². The van der Waals surface area contributed by atoms with Crippen molar-refractivity contribution >= 4 is 0 Å². The largest absolute Gasteiger partial charge is 0.467 e. The van der Waals surface area contributed by atoms with Crippen molar-refractivity contribution in [1.82, 2.24) is 5.32 Å². The van der Waals surface area contributed by atoms with E-state index in [1.807, 2.05) is 31.3 Å². The van der Waals surface area contributed by atoms with E-state index in [0.29, 0.717) is 0 Å². The van der Waals surface area contributed by atoms with Crippen molar-refractivity contribution in [3.8, 4) is 0 Å². The van der Waals surface area contributed by atoms with E-state index in [0.717, 1.165) is 11.5 Å². The Morgan fingerprint density at radius 3 is 1.92 bits per heavy atom. The van der Waals surface area contributed by atoms with Crippen LogP contribution in [-0.2, 0) is 0 Å². The van der Waals surface area contributed by atoms with E-state index in [4.69, 9.17) is 8.83 Å². The predicted molar refractivity (Wildman–Crippen MR) is 48.3 cm³/mol. The van der Waals surface area contributed by atoms with Gasteiger partial charge >= 0.3 is 0 Å². The van der Waals surface area contributed by atoms with Gasteiger partial charge in [0.25, 0.3) is 0 Å². The van der Waals surface area contributed by atoms with Gasteiger partial charge in [0.05, 0.1) is 12.5 Å². The molecule has 0 saturated heterocycles.